The van der Waals surface area contributed by atoms with E-state index in [1.165, 1.54) is 0 Å². The first-order valence-electron chi connectivity index (χ1n) is 9.87. The van der Waals surface area contributed by atoms with Crippen molar-refractivity contribution in [3.05, 3.63) is 29.3 Å². The largest absolute Gasteiger partial charge is 0.368 e. The van der Waals surface area contributed by atoms with E-state index in [2.05, 4.69) is 15.5 Å². The Morgan fingerprint density at radius 2 is 1.66 bits per heavy atom. The SMILES string of the molecule is Cl.Cl.O=C(CCC1CCNCC1)NCC(=O)N1CCN(c2ccc(Cl)cc2)CC1. The number of rotatable bonds is 6. The Morgan fingerprint density at radius 1 is 1.03 bits per heavy atom. The summed E-state index contributed by atoms with van der Waals surface area (Å²) in [6, 6.07) is 7.77. The molecule has 29 heavy (non-hydrogen) atoms. The van der Waals surface area contributed by atoms with Crippen LogP contribution in [0.4, 0.5) is 5.69 Å². The highest BCUT2D eigenvalue weighted by atomic mass is 35.5. The average molecular weight is 466 g/mol. The molecule has 2 amide bonds. The number of piperazine rings is 1. The van der Waals surface area contributed by atoms with Crippen LogP contribution in [-0.2, 0) is 9.59 Å². The van der Waals surface area contributed by atoms with Gasteiger partial charge in [-0.1, -0.05) is 11.6 Å². The van der Waals surface area contributed by atoms with Gasteiger partial charge in [0.25, 0.3) is 0 Å². The number of amides is 2. The Labute approximate surface area is 190 Å². The zero-order valence-electron chi connectivity index (χ0n) is 16.6. The summed E-state index contributed by atoms with van der Waals surface area (Å²) < 4.78 is 0. The van der Waals surface area contributed by atoms with Crippen LogP contribution in [0.2, 0.25) is 5.02 Å². The monoisotopic (exact) mass is 464 g/mol. The van der Waals surface area contributed by atoms with E-state index in [-0.39, 0.29) is 43.2 Å². The summed E-state index contributed by atoms with van der Waals surface area (Å²) >= 11 is 5.93. The van der Waals surface area contributed by atoms with Crippen LogP contribution >= 0.6 is 36.4 Å². The van der Waals surface area contributed by atoms with Crippen molar-refractivity contribution in [2.24, 2.45) is 5.92 Å². The molecule has 0 spiro atoms. The van der Waals surface area contributed by atoms with Gasteiger partial charge in [0, 0.05) is 43.3 Å². The van der Waals surface area contributed by atoms with Crippen molar-refractivity contribution in [2.75, 3.05) is 50.7 Å². The maximum atomic E-state index is 12.4. The van der Waals surface area contributed by atoms with E-state index >= 15 is 0 Å². The van der Waals surface area contributed by atoms with Gasteiger partial charge >= 0.3 is 0 Å². The fourth-order valence-electron chi connectivity index (χ4n) is 3.75. The number of carbonyl (C=O) groups excluding carboxylic acids is 2. The van der Waals surface area contributed by atoms with Gasteiger partial charge < -0.3 is 20.4 Å². The Kier molecular flexibility index (Phi) is 11.7. The minimum Gasteiger partial charge on any atom is -0.368 e. The molecule has 1 aromatic carbocycles. The zero-order valence-corrected chi connectivity index (χ0v) is 19.0. The Balaban J connectivity index is 0.00000210. The molecule has 2 aliphatic rings. The van der Waals surface area contributed by atoms with Gasteiger partial charge in [-0.2, -0.15) is 0 Å². The second-order valence-corrected chi connectivity index (χ2v) is 7.79. The lowest BCUT2D eigenvalue weighted by molar-refractivity contribution is -0.133. The molecule has 0 aliphatic carbocycles. The molecule has 6 nitrogen and oxygen atoms in total. The van der Waals surface area contributed by atoms with Crippen molar-refractivity contribution >= 4 is 53.9 Å². The van der Waals surface area contributed by atoms with Gasteiger partial charge in [0.1, 0.15) is 0 Å². The third-order valence-corrected chi connectivity index (χ3v) is 5.75. The fraction of sp³-hybridized carbons (Fsp3) is 0.600. The summed E-state index contributed by atoms with van der Waals surface area (Å²) in [6.45, 7) is 5.12. The molecular weight excluding hydrogens is 435 g/mol. The van der Waals surface area contributed by atoms with Crippen LogP contribution in [0.5, 0.6) is 0 Å². The molecule has 0 saturated carbocycles. The highest BCUT2D eigenvalue weighted by Gasteiger charge is 2.22. The minimum atomic E-state index is -0.0123. The van der Waals surface area contributed by atoms with Gasteiger partial charge in [-0.25, -0.2) is 0 Å². The molecule has 2 heterocycles. The molecule has 164 valence electrons. The van der Waals surface area contributed by atoms with Crippen LogP contribution in [0.15, 0.2) is 24.3 Å². The summed E-state index contributed by atoms with van der Waals surface area (Å²) in [7, 11) is 0. The van der Waals surface area contributed by atoms with Crippen LogP contribution in [-0.4, -0.2) is 62.5 Å². The zero-order chi connectivity index (χ0) is 19.1. The lowest BCUT2D eigenvalue weighted by Gasteiger charge is -2.36. The molecule has 0 unspecified atom stereocenters. The lowest BCUT2D eigenvalue weighted by atomic mass is 9.93. The number of hydrogen-bond donors (Lipinski definition) is 2. The van der Waals surface area contributed by atoms with Crippen molar-refractivity contribution in [3.63, 3.8) is 0 Å². The summed E-state index contributed by atoms with van der Waals surface area (Å²) in [5, 5.41) is 6.85. The topological polar surface area (TPSA) is 64.7 Å². The van der Waals surface area contributed by atoms with E-state index in [0.29, 0.717) is 25.4 Å². The molecule has 0 radical (unpaired) electrons. The first kappa shape index (κ1) is 25.8. The summed E-state index contributed by atoms with van der Waals surface area (Å²) in [6.07, 6.45) is 3.72. The molecule has 0 atom stereocenters. The predicted molar refractivity (Wildman–Crippen MR) is 123 cm³/mol. The Bertz CT molecular complexity index is 631. The van der Waals surface area contributed by atoms with E-state index < -0.39 is 0 Å². The molecule has 0 bridgehead atoms. The number of anilines is 1. The van der Waals surface area contributed by atoms with Crippen LogP contribution in [0.3, 0.4) is 0 Å². The number of halogens is 3. The predicted octanol–water partition coefficient (Wildman–Crippen LogP) is 2.73. The van der Waals surface area contributed by atoms with Crippen LogP contribution < -0.4 is 15.5 Å². The number of carbonyl (C=O) groups is 2. The first-order valence-corrected chi connectivity index (χ1v) is 10.3. The lowest BCUT2D eigenvalue weighted by Crippen LogP contribution is -2.51. The van der Waals surface area contributed by atoms with Crippen molar-refractivity contribution in [3.8, 4) is 0 Å². The second kappa shape index (κ2) is 13.2. The van der Waals surface area contributed by atoms with Crippen LogP contribution in [0.1, 0.15) is 25.7 Å². The van der Waals surface area contributed by atoms with Gasteiger partial charge in [0.2, 0.25) is 11.8 Å². The summed E-state index contributed by atoms with van der Waals surface area (Å²) in [5.41, 5.74) is 1.12. The minimum absolute atomic E-state index is 0. The third kappa shape index (κ3) is 8.21. The molecule has 2 N–H and O–H groups in total. The fourth-order valence-corrected chi connectivity index (χ4v) is 3.87. The molecule has 2 saturated heterocycles. The smallest absolute Gasteiger partial charge is 0.242 e. The third-order valence-electron chi connectivity index (χ3n) is 5.50. The van der Waals surface area contributed by atoms with Crippen LogP contribution in [0, 0.1) is 5.92 Å². The second-order valence-electron chi connectivity index (χ2n) is 7.35. The van der Waals surface area contributed by atoms with Crippen molar-refractivity contribution in [1.29, 1.82) is 0 Å². The van der Waals surface area contributed by atoms with Gasteiger partial charge in [-0.3, -0.25) is 9.59 Å². The molecule has 2 aliphatic heterocycles. The van der Waals surface area contributed by atoms with E-state index in [0.717, 1.165) is 56.2 Å². The number of benzene rings is 1. The van der Waals surface area contributed by atoms with Gasteiger partial charge in [-0.05, 0) is 62.5 Å². The highest BCUT2D eigenvalue weighted by molar-refractivity contribution is 6.30. The standard InChI is InChI=1S/C20H29ClN4O2.2ClH/c21-17-2-4-18(5-3-17)24-11-13-25(14-12-24)20(27)15-23-19(26)6-1-16-7-9-22-10-8-16;;/h2-5,16,22H,1,6-15H2,(H,23,26);2*1H. The number of hydrogen-bond acceptors (Lipinski definition) is 4. The quantitative estimate of drug-likeness (QED) is 0.678. The normalized spacial score (nSPS) is 17.1. The van der Waals surface area contributed by atoms with Crippen molar-refractivity contribution in [1.82, 2.24) is 15.5 Å². The maximum Gasteiger partial charge on any atom is 0.242 e. The number of nitrogens with zero attached hydrogens (tertiary/aromatic N) is 2. The first-order chi connectivity index (χ1) is 13.1. The average Bonchev–Trinajstić information content (AvgIpc) is 2.72. The number of nitrogens with one attached hydrogen (secondary N) is 2. The van der Waals surface area contributed by atoms with Crippen LogP contribution in [0.25, 0.3) is 0 Å². The van der Waals surface area contributed by atoms with Gasteiger partial charge in [0.15, 0.2) is 0 Å². The molecule has 0 aromatic heterocycles. The molecule has 1 aromatic rings. The van der Waals surface area contributed by atoms with E-state index in [9.17, 15) is 9.59 Å². The summed E-state index contributed by atoms with van der Waals surface area (Å²) in [5.74, 6) is 0.622. The molecule has 9 heteroatoms. The van der Waals surface area contributed by atoms with Gasteiger partial charge in [0.05, 0.1) is 6.54 Å². The Morgan fingerprint density at radius 3 is 2.28 bits per heavy atom. The Hall–Kier alpha value is -1.21. The van der Waals surface area contributed by atoms with E-state index in [4.69, 9.17) is 11.6 Å². The van der Waals surface area contributed by atoms with Crippen molar-refractivity contribution < 1.29 is 9.59 Å². The maximum absolute atomic E-state index is 12.4. The van der Waals surface area contributed by atoms with Crippen molar-refractivity contribution in [2.45, 2.75) is 25.7 Å². The highest BCUT2D eigenvalue weighted by Crippen LogP contribution is 2.19. The van der Waals surface area contributed by atoms with E-state index in [1.807, 2.05) is 29.2 Å². The number of piperidine rings is 1. The molecule has 2 fully saturated rings. The van der Waals surface area contributed by atoms with E-state index in [1.54, 1.807) is 0 Å². The van der Waals surface area contributed by atoms with Gasteiger partial charge in [-0.15, -0.1) is 24.8 Å². The summed E-state index contributed by atoms with van der Waals surface area (Å²) in [4.78, 5) is 28.5. The molecular formula is C20H31Cl3N4O2. The molecule has 3 rings (SSSR count).